The van der Waals surface area contributed by atoms with E-state index in [0.717, 1.165) is 6.54 Å². The van der Waals surface area contributed by atoms with Gasteiger partial charge in [-0.1, -0.05) is 24.1 Å². The summed E-state index contributed by atoms with van der Waals surface area (Å²) in [6.07, 6.45) is 3.82. The van der Waals surface area contributed by atoms with Crippen LogP contribution in [0.25, 0.3) is 0 Å². The summed E-state index contributed by atoms with van der Waals surface area (Å²) in [6, 6.07) is 7.13. The van der Waals surface area contributed by atoms with Gasteiger partial charge in [-0.15, -0.1) is 0 Å². The average molecular weight is 238 g/mol. The first-order valence-electron chi connectivity index (χ1n) is 5.68. The van der Waals surface area contributed by atoms with Gasteiger partial charge in [0.15, 0.2) is 0 Å². The van der Waals surface area contributed by atoms with Crippen LogP contribution in [0.15, 0.2) is 24.3 Å². The second kappa shape index (κ2) is 4.88. The van der Waals surface area contributed by atoms with Gasteiger partial charge in [-0.3, -0.25) is 4.79 Å². The smallest absolute Gasteiger partial charge is 0.253 e. The monoisotopic (exact) mass is 237 g/mol. The molecule has 1 aromatic carbocycles. The lowest BCUT2D eigenvalue weighted by Crippen LogP contribution is -2.34. The lowest BCUT2D eigenvalue weighted by molar-refractivity contribution is 0.0745. The highest BCUT2D eigenvalue weighted by molar-refractivity contribution is 6.30. The lowest BCUT2D eigenvalue weighted by Gasteiger charge is -2.30. The molecule has 0 radical (unpaired) electrons. The van der Waals surface area contributed by atoms with Crippen molar-refractivity contribution >= 4 is 17.5 Å². The first-order valence-corrected chi connectivity index (χ1v) is 6.05. The maximum atomic E-state index is 12.0. The third-order valence-electron chi connectivity index (χ3n) is 3.18. The zero-order valence-electron chi connectivity index (χ0n) is 9.45. The van der Waals surface area contributed by atoms with E-state index in [1.807, 2.05) is 19.2 Å². The van der Waals surface area contributed by atoms with Crippen molar-refractivity contribution < 1.29 is 4.79 Å². The van der Waals surface area contributed by atoms with E-state index in [1.54, 1.807) is 17.0 Å². The summed E-state index contributed by atoms with van der Waals surface area (Å²) in [7, 11) is 1.86. The first kappa shape index (κ1) is 11.5. The number of carbonyl (C=O) groups is 1. The Hall–Kier alpha value is -1.02. The van der Waals surface area contributed by atoms with Crippen LogP contribution < -0.4 is 0 Å². The minimum Gasteiger partial charge on any atom is -0.341 e. The fourth-order valence-electron chi connectivity index (χ4n) is 1.99. The fourth-order valence-corrected chi connectivity index (χ4v) is 2.18. The number of halogens is 1. The van der Waals surface area contributed by atoms with Gasteiger partial charge in [0.1, 0.15) is 0 Å². The molecule has 1 amide bonds. The summed E-state index contributed by atoms with van der Waals surface area (Å²) in [5, 5.41) is 0.614. The summed E-state index contributed by atoms with van der Waals surface area (Å²) in [4.78, 5) is 13.8. The van der Waals surface area contributed by atoms with Gasteiger partial charge >= 0.3 is 0 Å². The van der Waals surface area contributed by atoms with E-state index in [-0.39, 0.29) is 5.91 Å². The highest BCUT2D eigenvalue weighted by Crippen LogP contribution is 2.27. The molecule has 1 aromatic rings. The summed E-state index contributed by atoms with van der Waals surface area (Å²) in [5.41, 5.74) is 0.675. The number of benzene rings is 1. The van der Waals surface area contributed by atoms with Gasteiger partial charge in [-0.2, -0.15) is 0 Å². The van der Waals surface area contributed by atoms with Crippen LogP contribution in [-0.4, -0.2) is 24.4 Å². The molecule has 0 N–H and O–H groups in total. The fraction of sp³-hybridized carbons (Fsp3) is 0.462. The van der Waals surface area contributed by atoms with E-state index in [2.05, 4.69) is 0 Å². The molecule has 0 aromatic heterocycles. The molecule has 1 aliphatic rings. The van der Waals surface area contributed by atoms with Gasteiger partial charge in [0, 0.05) is 24.2 Å². The summed E-state index contributed by atoms with van der Waals surface area (Å²) < 4.78 is 0. The van der Waals surface area contributed by atoms with Crippen molar-refractivity contribution in [1.29, 1.82) is 0 Å². The third-order valence-corrected chi connectivity index (χ3v) is 3.41. The molecule has 0 atom stereocenters. The number of rotatable bonds is 3. The van der Waals surface area contributed by atoms with E-state index < -0.39 is 0 Å². The van der Waals surface area contributed by atoms with E-state index in [9.17, 15) is 4.79 Å². The molecule has 0 aliphatic heterocycles. The minimum atomic E-state index is 0.0643. The largest absolute Gasteiger partial charge is 0.341 e. The minimum absolute atomic E-state index is 0.0643. The van der Waals surface area contributed by atoms with Crippen LogP contribution in [0.2, 0.25) is 5.02 Å². The van der Waals surface area contributed by atoms with E-state index in [0.29, 0.717) is 16.5 Å². The predicted octanol–water partition coefficient (Wildman–Crippen LogP) is 3.21. The Morgan fingerprint density at radius 2 is 2.25 bits per heavy atom. The van der Waals surface area contributed by atoms with E-state index in [1.165, 1.54) is 19.3 Å². The zero-order valence-corrected chi connectivity index (χ0v) is 10.2. The van der Waals surface area contributed by atoms with Gasteiger partial charge in [0.2, 0.25) is 0 Å². The van der Waals surface area contributed by atoms with Crippen LogP contribution in [0, 0.1) is 5.92 Å². The Kier molecular flexibility index (Phi) is 3.49. The van der Waals surface area contributed by atoms with Gasteiger partial charge in [0.05, 0.1) is 0 Å². The van der Waals surface area contributed by atoms with Crippen molar-refractivity contribution in [3.63, 3.8) is 0 Å². The van der Waals surface area contributed by atoms with Gasteiger partial charge in [-0.05, 0) is 37.0 Å². The molecule has 86 valence electrons. The van der Waals surface area contributed by atoms with Crippen LogP contribution in [-0.2, 0) is 0 Å². The highest BCUT2D eigenvalue weighted by atomic mass is 35.5. The molecule has 1 saturated carbocycles. The Bertz CT molecular complexity index is 387. The van der Waals surface area contributed by atoms with Crippen LogP contribution in [0.5, 0.6) is 0 Å². The molecule has 1 fully saturated rings. The number of carbonyl (C=O) groups excluding carboxylic acids is 1. The lowest BCUT2D eigenvalue weighted by atomic mass is 9.85. The topological polar surface area (TPSA) is 20.3 Å². The molecule has 0 spiro atoms. The van der Waals surface area contributed by atoms with E-state index >= 15 is 0 Å². The molecule has 16 heavy (non-hydrogen) atoms. The maximum absolute atomic E-state index is 12.0. The normalized spacial score (nSPS) is 15.6. The van der Waals surface area contributed by atoms with Gasteiger partial charge < -0.3 is 4.90 Å². The number of amides is 1. The SMILES string of the molecule is CN(CC1CCC1)C(=O)c1cccc(Cl)c1. The van der Waals surface area contributed by atoms with E-state index in [4.69, 9.17) is 11.6 Å². The van der Waals surface area contributed by atoms with Crippen LogP contribution >= 0.6 is 11.6 Å². The van der Waals surface area contributed by atoms with Crippen molar-refractivity contribution in [3.8, 4) is 0 Å². The van der Waals surface area contributed by atoms with Crippen LogP contribution in [0.1, 0.15) is 29.6 Å². The second-order valence-electron chi connectivity index (χ2n) is 4.49. The second-order valence-corrected chi connectivity index (χ2v) is 4.93. The van der Waals surface area contributed by atoms with Crippen molar-refractivity contribution in [2.24, 2.45) is 5.92 Å². The van der Waals surface area contributed by atoms with Crippen LogP contribution in [0.4, 0.5) is 0 Å². The molecule has 3 heteroatoms. The van der Waals surface area contributed by atoms with Crippen molar-refractivity contribution in [2.75, 3.05) is 13.6 Å². The zero-order chi connectivity index (χ0) is 11.5. The number of hydrogen-bond donors (Lipinski definition) is 0. The molecule has 1 aliphatic carbocycles. The molecule has 0 bridgehead atoms. The molecular weight excluding hydrogens is 222 g/mol. The quantitative estimate of drug-likeness (QED) is 0.791. The van der Waals surface area contributed by atoms with Crippen molar-refractivity contribution in [1.82, 2.24) is 4.90 Å². The molecule has 0 saturated heterocycles. The number of hydrogen-bond acceptors (Lipinski definition) is 1. The van der Waals surface area contributed by atoms with Crippen molar-refractivity contribution in [3.05, 3.63) is 34.9 Å². The third kappa shape index (κ3) is 2.56. The summed E-state index contributed by atoms with van der Waals surface area (Å²) in [5.74, 6) is 0.766. The number of nitrogens with zero attached hydrogens (tertiary/aromatic N) is 1. The van der Waals surface area contributed by atoms with Crippen molar-refractivity contribution in [2.45, 2.75) is 19.3 Å². The summed E-state index contributed by atoms with van der Waals surface area (Å²) in [6.45, 7) is 0.866. The maximum Gasteiger partial charge on any atom is 0.253 e. The van der Waals surface area contributed by atoms with Gasteiger partial charge in [-0.25, -0.2) is 0 Å². The first-order chi connectivity index (χ1) is 7.66. The Morgan fingerprint density at radius 1 is 1.50 bits per heavy atom. The summed E-state index contributed by atoms with van der Waals surface area (Å²) >= 11 is 5.87. The standard InChI is InChI=1S/C13H16ClNO/c1-15(9-10-4-2-5-10)13(16)11-6-3-7-12(14)8-11/h3,6-8,10H,2,4-5,9H2,1H3. The molecule has 0 unspecified atom stereocenters. The Labute approximate surface area is 101 Å². The molecule has 2 nitrogen and oxygen atoms in total. The Morgan fingerprint density at radius 3 is 2.81 bits per heavy atom. The van der Waals surface area contributed by atoms with Gasteiger partial charge in [0.25, 0.3) is 5.91 Å². The molecular formula is C13H16ClNO. The highest BCUT2D eigenvalue weighted by Gasteiger charge is 2.21. The molecule has 2 rings (SSSR count). The molecule has 0 heterocycles. The Balaban J connectivity index is 2.00. The van der Waals surface area contributed by atoms with Crippen LogP contribution in [0.3, 0.4) is 0 Å². The average Bonchev–Trinajstić information content (AvgIpc) is 2.22. The predicted molar refractivity (Wildman–Crippen MR) is 65.8 cm³/mol.